The SMILES string of the molecule is Cc1ccc(C=C(Cc2ccc3c(c2)C2(c4cc(N(c5ccc(C)cc5)c5ccc(C)cc5)ccc4-3)c3cc(N(c4ccc(C)cc4)c4ccc(C)cc4)ccc3-c3ccc(N(c4ccc(C)cc4)c4ccc(C)cc4)cc32)c2ccc(C)cc2)cc1. The Hall–Kier alpha value is -10.2. The zero-order chi connectivity index (χ0) is 59.5. The van der Waals surface area contributed by atoms with E-state index in [-0.39, 0.29) is 0 Å². The van der Waals surface area contributed by atoms with Crippen molar-refractivity contribution in [2.45, 2.75) is 67.2 Å². The number of rotatable bonds is 13. The second-order valence-electron chi connectivity index (χ2n) is 24.5. The Balaban J connectivity index is 1.07. The van der Waals surface area contributed by atoms with Crippen LogP contribution in [0.4, 0.5) is 51.2 Å². The van der Waals surface area contributed by atoms with Crippen LogP contribution in [0.25, 0.3) is 33.9 Å². The first-order valence-corrected chi connectivity index (χ1v) is 30.6. The van der Waals surface area contributed by atoms with Gasteiger partial charge in [-0.05, 0) is 238 Å². The van der Waals surface area contributed by atoms with Crippen molar-refractivity contribution in [2.75, 3.05) is 14.7 Å². The lowest BCUT2D eigenvalue weighted by atomic mass is 9.70. The fraction of sp³-hybridized carbons (Fsp3) is 0.119. The molecular weight excluding hydrogens is 1050 g/mol. The topological polar surface area (TPSA) is 9.72 Å². The highest BCUT2D eigenvalue weighted by molar-refractivity contribution is 5.99. The summed E-state index contributed by atoms with van der Waals surface area (Å²) in [6.45, 7) is 17.3. The summed E-state index contributed by atoms with van der Waals surface area (Å²) in [5.41, 5.74) is 33.9. The minimum Gasteiger partial charge on any atom is -0.310 e. The van der Waals surface area contributed by atoms with E-state index in [0.717, 1.165) is 57.6 Å². The smallest absolute Gasteiger partial charge is 0.0727 e. The standard InChI is InChI=1S/C84H71N3/c1-55-9-25-63(26-10-55)49-66(65-28-11-56(2)12-29-65)50-64-27-45-76-77-46-42-73(85(67-30-13-57(3)14-31-67)68-32-15-58(4)16-33-68)52-81(77)84(80(76)51-64)82-53-74(86(69-34-17-59(5)18-35-69)70-36-19-60(6)20-37-70)43-47-78(82)79-48-44-75(54-83(79)84)87(71-38-21-61(7)22-39-71)72-40-23-62(8)24-41-72/h9-49,51-54H,50H2,1-8H3. The van der Waals surface area contributed by atoms with Crippen molar-refractivity contribution in [2.24, 2.45) is 0 Å². The van der Waals surface area contributed by atoms with Gasteiger partial charge in [0, 0.05) is 51.2 Å². The number of aryl methyl sites for hydroxylation is 8. The summed E-state index contributed by atoms with van der Waals surface area (Å²) in [6.07, 6.45) is 3.13. The van der Waals surface area contributed by atoms with Gasteiger partial charge in [-0.3, -0.25) is 0 Å². The van der Waals surface area contributed by atoms with Gasteiger partial charge in [-0.2, -0.15) is 0 Å². The molecule has 12 aromatic carbocycles. The van der Waals surface area contributed by atoms with Crippen LogP contribution in [0.2, 0.25) is 0 Å². The quantitative estimate of drug-likeness (QED) is 0.107. The fourth-order valence-electron chi connectivity index (χ4n) is 13.4. The molecule has 0 unspecified atom stereocenters. The number of nitrogens with zero attached hydrogens (tertiary/aromatic N) is 3. The van der Waals surface area contributed by atoms with Gasteiger partial charge >= 0.3 is 0 Å². The third kappa shape index (κ3) is 10.1. The van der Waals surface area contributed by atoms with Crippen LogP contribution in [-0.4, -0.2) is 0 Å². The van der Waals surface area contributed by atoms with Crippen molar-refractivity contribution in [1.29, 1.82) is 0 Å². The first kappa shape index (κ1) is 54.7. The van der Waals surface area contributed by atoms with E-state index in [2.05, 4.69) is 343 Å². The highest BCUT2D eigenvalue weighted by Crippen LogP contribution is 2.65. The Morgan fingerprint density at radius 3 is 0.805 bits per heavy atom. The summed E-state index contributed by atoms with van der Waals surface area (Å²) < 4.78 is 0. The molecule has 0 bridgehead atoms. The second kappa shape index (κ2) is 22.3. The number of anilines is 9. The number of allylic oxidation sites excluding steroid dienone is 1. The summed E-state index contributed by atoms with van der Waals surface area (Å²) in [4.78, 5) is 7.34. The van der Waals surface area contributed by atoms with Crippen molar-refractivity contribution < 1.29 is 0 Å². The molecule has 3 nitrogen and oxygen atoms in total. The van der Waals surface area contributed by atoms with Gasteiger partial charge in [0.25, 0.3) is 0 Å². The normalized spacial score (nSPS) is 12.6. The minimum absolute atomic E-state index is 0.736. The maximum absolute atomic E-state index is 2.58. The van der Waals surface area contributed by atoms with Crippen LogP contribution in [0.5, 0.6) is 0 Å². The Labute approximate surface area is 514 Å². The highest BCUT2D eigenvalue weighted by atomic mass is 15.2. The van der Waals surface area contributed by atoms with E-state index in [1.165, 1.54) is 111 Å². The summed E-state index contributed by atoms with van der Waals surface area (Å²) in [5.74, 6) is 0. The lowest BCUT2D eigenvalue weighted by Crippen LogP contribution is -2.27. The monoisotopic (exact) mass is 1120 g/mol. The molecule has 12 aromatic rings. The third-order valence-electron chi connectivity index (χ3n) is 18.1. The zero-order valence-corrected chi connectivity index (χ0v) is 51.0. The Morgan fingerprint density at radius 1 is 0.264 bits per heavy atom. The maximum atomic E-state index is 2.58. The molecule has 0 fully saturated rings. The first-order valence-electron chi connectivity index (χ1n) is 30.6. The predicted octanol–water partition coefficient (Wildman–Crippen LogP) is 22.7. The molecule has 0 saturated carbocycles. The Morgan fingerprint density at radius 2 is 0.506 bits per heavy atom. The first-order chi connectivity index (χ1) is 42.3. The molecule has 2 aliphatic carbocycles. The molecular formula is C84H71N3. The largest absolute Gasteiger partial charge is 0.310 e. The highest BCUT2D eigenvalue weighted by Gasteiger charge is 2.53. The van der Waals surface area contributed by atoms with Crippen LogP contribution >= 0.6 is 0 Å². The molecule has 0 N–H and O–H groups in total. The van der Waals surface area contributed by atoms with Crippen molar-refractivity contribution in [3.8, 4) is 22.3 Å². The molecule has 3 heteroatoms. The summed E-state index contributed by atoms with van der Waals surface area (Å²) in [6, 6.07) is 101. The van der Waals surface area contributed by atoms with Gasteiger partial charge in [0.15, 0.2) is 0 Å². The van der Waals surface area contributed by atoms with E-state index in [9.17, 15) is 0 Å². The van der Waals surface area contributed by atoms with Crippen LogP contribution in [0.15, 0.2) is 267 Å². The van der Waals surface area contributed by atoms with Crippen molar-refractivity contribution in [1.82, 2.24) is 0 Å². The van der Waals surface area contributed by atoms with Gasteiger partial charge in [-0.25, -0.2) is 0 Å². The number of hydrogen-bond donors (Lipinski definition) is 0. The van der Waals surface area contributed by atoms with E-state index in [1.54, 1.807) is 0 Å². The number of hydrogen-bond acceptors (Lipinski definition) is 3. The molecule has 2 aliphatic rings. The molecule has 0 saturated heterocycles. The van der Waals surface area contributed by atoms with Gasteiger partial charge in [-0.15, -0.1) is 0 Å². The van der Waals surface area contributed by atoms with Crippen LogP contribution in [0.1, 0.15) is 83.5 Å². The molecule has 1 spiro atoms. The van der Waals surface area contributed by atoms with Gasteiger partial charge in [0.1, 0.15) is 0 Å². The van der Waals surface area contributed by atoms with Crippen molar-refractivity contribution in [3.05, 3.63) is 350 Å². The maximum Gasteiger partial charge on any atom is 0.0727 e. The Kier molecular flexibility index (Phi) is 14.0. The molecule has 422 valence electrons. The van der Waals surface area contributed by atoms with Crippen molar-refractivity contribution >= 4 is 62.8 Å². The fourth-order valence-corrected chi connectivity index (χ4v) is 13.4. The molecule has 0 heterocycles. The summed E-state index contributed by atoms with van der Waals surface area (Å²) in [7, 11) is 0. The summed E-state index contributed by atoms with van der Waals surface area (Å²) in [5, 5.41) is 0. The molecule has 0 radical (unpaired) electrons. The zero-order valence-electron chi connectivity index (χ0n) is 51.0. The van der Waals surface area contributed by atoms with Crippen LogP contribution < -0.4 is 14.7 Å². The third-order valence-corrected chi connectivity index (χ3v) is 18.1. The van der Waals surface area contributed by atoms with E-state index < -0.39 is 5.41 Å². The van der Waals surface area contributed by atoms with Crippen molar-refractivity contribution in [3.63, 3.8) is 0 Å². The van der Waals surface area contributed by atoms with Crippen LogP contribution in [0, 0.1) is 55.4 Å². The van der Waals surface area contributed by atoms with Gasteiger partial charge < -0.3 is 14.7 Å². The average Bonchev–Trinajstić information content (AvgIpc) is 1.54. The number of fused-ring (bicyclic) bond motifs is 10. The second-order valence-corrected chi connectivity index (χ2v) is 24.5. The molecule has 0 atom stereocenters. The van der Waals surface area contributed by atoms with Crippen LogP contribution in [-0.2, 0) is 11.8 Å². The molecule has 0 amide bonds. The molecule has 14 rings (SSSR count). The van der Waals surface area contributed by atoms with E-state index in [0.29, 0.717) is 0 Å². The van der Waals surface area contributed by atoms with Gasteiger partial charge in [-0.1, -0.05) is 208 Å². The Bertz CT molecular complexity index is 4120. The van der Waals surface area contributed by atoms with Gasteiger partial charge in [0.2, 0.25) is 0 Å². The van der Waals surface area contributed by atoms with E-state index in [4.69, 9.17) is 0 Å². The molecule has 0 aliphatic heterocycles. The van der Waals surface area contributed by atoms with Gasteiger partial charge in [0.05, 0.1) is 5.41 Å². The van der Waals surface area contributed by atoms with E-state index in [1.807, 2.05) is 0 Å². The van der Waals surface area contributed by atoms with Crippen LogP contribution in [0.3, 0.4) is 0 Å². The molecule has 87 heavy (non-hydrogen) atoms. The minimum atomic E-state index is -0.803. The lowest BCUT2D eigenvalue weighted by molar-refractivity contribution is 0.792. The number of benzene rings is 12. The molecule has 0 aromatic heterocycles. The summed E-state index contributed by atoms with van der Waals surface area (Å²) >= 11 is 0. The average molecular weight is 1120 g/mol. The predicted molar refractivity (Wildman–Crippen MR) is 369 cm³/mol. The lowest BCUT2D eigenvalue weighted by Gasteiger charge is -2.34. The van der Waals surface area contributed by atoms with E-state index >= 15 is 0 Å².